The number of carbonyl (C=O) groups is 1. The standard InChI is InChI=1S/C17H20F2N2O4/c1-3-24-8-4-7-21-16(22)13(11-20)9-12-5-6-14(23-2)15(10-12)25-17(18)19/h5-6,9-10,17H,3-4,7-8H2,1-2H3,(H,21,22)/b13-9+. The first-order valence-electron chi connectivity index (χ1n) is 7.62. The minimum atomic E-state index is -3.02. The summed E-state index contributed by atoms with van der Waals surface area (Å²) in [6.07, 6.45) is 1.91. The number of nitriles is 1. The molecule has 1 rings (SSSR count). The van der Waals surface area contributed by atoms with Gasteiger partial charge < -0.3 is 19.5 Å². The molecule has 0 radical (unpaired) electrons. The fraction of sp³-hybridized carbons (Fsp3) is 0.412. The number of amides is 1. The van der Waals surface area contributed by atoms with E-state index in [9.17, 15) is 13.6 Å². The topological polar surface area (TPSA) is 80.6 Å². The molecule has 0 saturated heterocycles. The average molecular weight is 354 g/mol. The zero-order valence-electron chi connectivity index (χ0n) is 14.1. The first-order chi connectivity index (χ1) is 12.0. The van der Waals surface area contributed by atoms with Crippen LogP contribution in [-0.2, 0) is 9.53 Å². The van der Waals surface area contributed by atoms with Crippen LogP contribution in [0, 0.1) is 11.3 Å². The van der Waals surface area contributed by atoms with Gasteiger partial charge in [0.15, 0.2) is 11.5 Å². The molecule has 1 aromatic carbocycles. The van der Waals surface area contributed by atoms with E-state index in [-0.39, 0.29) is 17.1 Å². The van der Waals surface area contributed by atoms with Crippen LogP contribution in [0.4, 0.5) is 8.78 Å². The number of ether oxygens (including phenoxy) is 3. The molecule has 8 heteroatoms. The van der Waals surface area contributed by atoms with Gasteiger partial charge in [0.2, 0.25) is 0 Å². The van der Waals surface area contributed by atoms with Crippen molar-refractivity contribution in [1.29, 1.82) is 5.26 Å². The average Bonchev–Trinajstić information content (AvgIpc) is 2.59. The number of halogens is 2. The van der Waals surface area contributed by atoms with Crippen LogP contribution in [0.2, 0.25) is 0 Å². The Kier molecular flexibility index (Phi) is 8.96. The molecule has 0 fully saturated rings. The first kappa shape index (κ1) is 20.4. The summed E-state index contributed by atoms with van der Waals surface area (Å²) in [7, 11) is 1.32. The minimum absolute atomic E-state index is 0.122. The molecular formula is C17H20F2N2O4. The third-order valence-electron chi connectivity index (χ3n) is 3.03. The lowest BCUT2D eigenvalue weighted by molar-refractivity contribution is -0.117. The van der Waals surface area contributed by atoms with Crippen LogP contribution < -0.4 is 14.8 Å². The zero-order valence-corrected chi connectivity index (χ0v) is 14.1. The number of hydrogen-bond donors (Lipinski definition) is 1. The van der Waals surface area contributed by atoms with E-state index in [2.05, 4.69) is 10.1 Å². The number of nitrogens with one attached hydrogen (secondary N) is 1. The Morgan fingerprint density at radius 3 is 2.76 bits per heavy atom. The molecule has 0 aromatic heterocycles. The zero-order chi connectivity index (χ0) is 18.7. The Morgan fingerprint density at radius 2 is 2.16 bits per heavy atom. The van der Waals surface area contributed by atoms with Crippen LogP contribution >= 0.6 is 0 Å². The predicted molar refractivity (Wildman–Crippen MR) is 87.3 cm³/mol. The van der Waals surface area contributed by atoms with E-state index in [1.165, 1.54) is 31.4 Å². The number of methoxy groups -OCH3 is 1. The van der Waals surface area contributed by atoms with Crippen molar-refractivity contribution in [2.75, 3.05) is 26.9 Å². The first-order valence-corrected chi connectivity index (χ1v) is 7.62. The van der Waals surface area contributed by atoms with Crippen molar-refractivity contribution < 1.29 is 27.8 Å². The van der Waals surface area contributed by atoms with E-state index in [0.717, 1.165) is 0 Å². The summed E-state index contributed by atoms with van der Waals surface area (Å²) in [5.41, 5.74) is 0.210. The van der Waals surface area contributed by atoms with E-state index in [4.69, 9.17) is 14.7 Å². The maximum Gasteiger partial charge on any atom is 0.387 e. The second-order valence-electron chi connectivity index (χ2n) is 4.76. The molecule has 1 amide bonds. The van der Waals surface area contributed by atoms with Crippen molar-refractivity contribution in [3.8, 4) is 17.6 Å². The predicted octanol–water partition coefficient (Wildman–Crippen LogP) is 2.75. The lowest BCUT2D eigenvalue weighted by Crippen LogP contribution is -2.26. The fourth-order valence-electron chi connectivity index (χ4n) is 1.90. The van der Waals surface area contributed by atoms with Crippen molar-refractivity contribution in [3.63, 3.8) is 0 Å². The number of rotatable bonds is 10. The molecule has 25 heavy (non-hydrogen) atoms. The highest BCUT2D eigenvalue weighted by Crippen LogP contribution is 2.30. The van der Waals surface area contributed by atoms with Gasteiger partial charge in [-0.15, -0.1) is 0 Å². The van der Waals surface area contributed by atoms with Gasteiger partial charge >= 0.3 is 6.61 Å². The highest BCUT2D eigenvalue weighted by atomic mass is 19.3. The van der Waals surface area contributed by atoms with E-state index in [1.807, 2.05) is 6.92 Å². The maximum atomic E-state index is 12.4. The van der Waals surface area contributed by atoms with Crippen molar-refractivity contribution in [1.82, 2.24) is 5.32 Å². The second kappa shape index (κ2) is 11.0. The summed E-state index contributed by atoms with van der Waals surface area (Å²) in [4.78, 5) is 12.0. The minimum Gasteiger partial charge on any atom is -0.493 e. The summed E-state index contributed by atoms with van der Waals surface area (Å²) >= 11 is 0. The Bertz CT molecular complexity index is 642. The van der Waals surface area contributed by atoms with Crippen molar-refractivity contribution >= 4 is 12.0 Å². The smallest absolute Gasteiger partial charge is 0.387 e. The molecule has 0 heterocycles. The molecule has 1 N–H and O–H groups in total. The van der Waals surface area contributed by atoms with E-state index in [1.54, 1.807) is 6.07 Å². The van der Waals surface area contributed by atoms with Gasteiger partial charge in [-0.05, 0) is 37.1 Å². The molecule has 0 aliphatic heterocycles. The number of benzene rings is 1. The number of carbonyl (C=O) groups excluding carboxylic acids is 1. The van der Waals surface area contributed by atoms with Crippen molar-refractivity contribution in [2.45, 2.75) is 20.0 Å². The molecular weight excluding hydrogens is 334 g/mol. The lowest BCUT2D eigenvalue weighted by atomic mass is 10.1. The second-order valence-corrected chi connectivity index (χ2v) is 4.76. The lowest BCUT2D eigenvalue weighted by Gasteiger charge is -2.10. The number of hydrogen-bond acceptors (Lipinski definition) is 5. The quantitative estimate of drug-likeness (QED) is 0.397. The normalized spacial score (nSPS) is 11.1. The molecule has 0 aliphatic carbocycles. The summed E-state index contributed by atoms with van der Waals surface area (Å²) in [5, 5.41) is 11.7. The summed E-state index contributed by atoms with van der Waals surface area (Å²) < 4.78 is 39.3. The van der Waals surface area contributed by atoms with Crippen LogP contribution in [0.15, 0.2) is 23.8 Å². The molecule has 0 aliphatic rings. The number of nitrogens with zero attached hydrogens (tertiary/aromatic N) is 1. The van der Waals surface area contributed by atoms with Crippen molar-refractivity contribution in [3.05, 3.63) is 29.3 Å². The third-order valence-corrected chi connectivity index (χ3v) is 3.03. The SMILES string of the molecule is CCOCCCNC(=O)/C(C#N)=C/c1ccc(OC)c(OC(F)F)c1. The molecule has 6 nitrogen and oxygen atoms in total. The highest BCUT2D eigenvalue weighted by molar-refractivity contribution is 6.01. The molecule has 0 atom stereocenters. The van der Waals surface area contributed by atoms with Gasteiger partial charge in [0.05, 0.1) is 7.11 Å². The highest BCUT2D eigenvalue weighted by Gasteiger charge is 2.13. The van der Waals surface area contributed by atoms with Crippen LogP contribution in [0.25, 0.3) is 6.08 Å². The van der Waals surface area contributed by atoms with Gasteiger partial charge in [0, 0.05) is 19.8 Å². The van der Waals surface area contributed by atoms with Gasteiger partial charge in [-0.2, -0.15) is 14.0 Å². The molecule has 1 aromatic rings. The monoisotopic (exact) mass is 354 g/mol. The molecule has 0 saturated carbocycles. The fourth-order valence-corrected chi connectivity index (χ4v) is 1.90. The van der Waals surface area contributed by atoms with Gasteiger partial charge in [-0.1, -0.05) is 6.07 Å². The summed E-state index contributed by atoms with van der Waals surface area (Å²) in [6.45, 7) is 0.320. The number of alkyl halides is 2. The van der Waals surface area contributed by atoms with Crippen LogP contribution in [0.3, 0.4) is 0 Å². The van der Waals surface area contributed by atoms with Crippen molar-refractivity contribution in [2.24, 2.45) is 0 Å². The Labute approximate surface area is 145 Å². The largest absolute Gasteiger partial charge is 0.493 e. The molecule has 0 unspecified atom stereocenters. The Balaban J connectivity index is 2.83. The molecule has 0 bridgehead atoms. The van der Waals surface area contributed by atoms with E-state index >= 15 is 0 Å². The summed E-state index contributed by atoms with van der Waals surface area (Å²) in [6, 6.07) is 6.00. The molecule has 136 valence electrons. The van der Waals surface area contributed by atoms with E-state index < -0.39 is 12.5 Å². The van der Waals surface area contributed by atoms with Gasteiger partial charge in [-0.25, -0.2) is 0 Å². The summed E-state index contributed by atoms with van der Waals surface area (Å²) in [5.74, 6) is -0.608. The van der Waals surface area contributed by atoms with Gasteiger partial charge in [-0.3, -0.25) is 4.79 Å². The third kappa shape index (κ3) is 7.18. The Morgan fingerprint density at radius 1 is 1.40 bits per heavy atom. The van der Waals surface area contributed by atoms with Crippen LogP contribution in [0.1, 0.15) is 18.9 Å². The molecule has 0 spiro atoms. The Hall–Kier alpha value is -2.66. The van der Waals surface area contributed by atoms with Gasteiger partial charge in [0.1, 0.15) is 11.6 Å². The maximum absolute atomic E-state index is 12.4. The van der Waals surface area contributed by atoms with Crippen LogP contribution in [-0.4, -0.2) is 39.4 Å². The van der Waals surface area contributed by atoms with Crippen LogP contribution in [0.5, 0.6) is 11.5 Å². The van der Waals surface area contributed by atoms with Gasteiger partial charge in [0.25, 0.3) is 5.91 Å². The van der Waals surface area contributed by atoms with E-state index in [0.29, 0.717) is 31.7 Å².